The van der Waals surface area contributed by atoms with Gasteiger partial charge in [0.15, 0.2) is 5.65 Å². The maximum absolute atomic E-state index is 6.43. The van der Waals surface area contributed by atoms with Crippen molar-refractivity contribution in [3.8, 4) is 11.3 Å². The van der Waals surface area contributed by atoms with Gasteiger partial charge < -0.3 is 15.0 Å². The summed E-state index contributed by atoms with van der Waals surface area (Å²) in [5.41, 5.74) is 2.89. The molecule has 2 aliphatic rings. The van der Waals surface area contributed by atoms with Crippen molar-refractivity contribution in [3.05, 3.63) is 41.6 Å². The Morgan fingerprint density at radius 2 is 1.87 bits per heavy atom. The first-order valence-electron chi connectivity index (χ1n) is 10.7. The summed E-state index contributed by atoms with van der Waals surface area (Å²) in [7, 11) is 6.14. The smallest absolute Gasteiger partial charge is 0.150 e. The van der Waals surface area contributed by atoms with Crippen molar-refractivity contribution in [1.29, 1.82) is 0 Å². The fraction of sp³-hybridized carbons (Fsp3) is 0.455. The number of aromatic nitrogens is 3. The minimum atomic E-state index is 0.385. The highest BCUT2D eigenvalue weighted by atomic mass is 35.5. The van der Waals surface area contributed by atoms with E-state index in [2.05, 4.69) is 15.3 Å². The van der Waals surface area contributed by atoms with Gasteiger partial charge in [0.2, 0.25) is 0 Å². The molecule has 0 amide bonds. The van der Waals surface area contributed by atoms with Gasteiger partial charge in [0.1, 0.15) is 13.7 Å². The van der Waals surface area contributed by atoms with E-state index < -0.39 is 0 Å². The van der Waals surface area contributed by atoms with E-state index in [9.17, 15) is 0 Å². The van der Waals surface area contributed by atoms with E-state index in [0.29, 0.717) is 28.2 Å². The summed E-state index contributed by atoms with van der Waals surface area (Å²) in [4.78, 5) is 7.35. The molecule has 30 heavy (non-hydrogen) atoms. The maximum atomic E-state index is 6.43. The normalized spacial score (nSPS) is 19.4. The minimum absolute atomic E-state index is 0.385. The molecule has 0 aliphatic carbocycles. The van der Waals surface area contributed by atoms with Gasteiger partial charge >= 0.3 is 0 Å². The van der Waals surface area contributed by atoms with Crippen molar-refractivity contribution < 1.29 is 4.74 Å². The van der Waals surface area contributed by atoms with Crippen LogP contribution < -0.4 is 10.8 Å². The third-order valence-electron chi connectivity index (χ3n) is 6.24. The Morgan fingerprint density at radius 1 is 1.10 bits per heavy atom. The average Bonchev–Trinajstić information content (AvgIpc) is 3.16. The van der Waals surface area contributed by atoms with Crippen molar-refractivity contribution >= 4 is 36.4 Å². The minimum Gasteiger partial charge on any atom is -0.381 e. The van der Waals surface area contributed by atoms with Crippen LogP contribution in [-0.2, 0) is 4.74 Å². The van der Waals surface area contributed by atoms with Crippen LogP contribution in [0.3, 0.4) is 0 Å². The van der Waals surface area contributed by atoms with Crippen molar-refractivity contribution in [1.82, 2.24) is 19.5 Å². The zero-order valence-corrected chi connectivity index (χ0v) is 17.7. The number of piperidine rings is 1. The van der Waals surface area contributed by atoms with E-state index in [1.807, 2.05) is 30.3 Å². The molecule has 2 aliphatic heterocycles. The summed E-state index contributed by atoms with van der Waals surface area (Å²) < 4.78 is 7.31. The van der Waals surface area contributed by atoms with Crippen molar-refractivity contribution in [3.63, 3.8) is 0 Å². The summed E-state index contributed by atoms with van der Waals surface area (Å²) in [6.07, 6.45) is 6.14. The Labute approximate surface area is 183 Å². The molecule has 6 nitrogen and oxygen atoms in total. The first-order valence-corrected chi connectivity index (χ1v) is 11.0. The van der Waals surface area contributed by atoms with Gasteiger partial charge in [-0.2, -0.15) is 9.61 Å². The number of nitrogens with zero attached hydrogens (tertiary/aromatic N) is 4. The van der Waals surface area contributed by atoms with Crippen LogP contribution in [0.5, 0.6) is 0 Å². The lowest BCUT2D eigenvalue weighted by atomic mass is 9.99. The highest BCUT2D eigenvalue weighted by Gasteiger charge is 2.27. The number of rotatable bonds is 4. The van der Waals surface area contributed by atoms with Crippen LogP contribution >= 0.6 is 11.6 Å². The zero-order valence-electron chi connectivity index (χ0n) is 16.9. The van der Waals surface area contributed by atoms with Crippen LogP contribution in [0.1, 0.15) is 25.7 Å². The predicted octanol–water partition coefficient (Wildman–Crippen LogP) is 2.90. The molecule has 1 aromatic carbocycles. The molecule has 0 spiro atoms. The summed E-state index contributed by atoms with van der Waals surface area (Å²) >= 11 is 6.43. The number of anilines is 1. The molecule has 2 fully saturated rings. The molecule has 154 valence electrons. The van der Waals surface area contributed by atoms with E-state index in [1.54, 1.807) is 10.7 Å². The number of fused-ring (bicyclic) bond motifs is 1. The van der Waals surface area contributed by atoms with Crippen molar-refractivity contribution in [2.24, 2.45) is 0 Å². The van der Waals surface area contributed by atoms with E-state index in [0.717, 1.165) is 69.1 Å². The fourth-order valence-electron chi connectivity index (χ4n) is 4.56. The summed E-state index contributed by atoms with van der Waals surface area (Å²) in [5, 5.41) is 8.81. The van der Waals surface area contributed by atoms with Crippen LogP contribution in [0.2, 0.25) is 5.02 Å². The molecule has 0 bridgehead atoms. The van der Waals surface area contributed by atoms with E-state index in [1.165, 1.54) is 0 Å². The standard InChI is InChI=1S/C22H25BClN5O/c23-18-14-25-29-21(13-20(27-22(18)29)17-3-1-2-4-19(17)24)26-15-5-9-28(10-6-15)16-7-11-30-12-8-16/h1-4,13-16,26H,5-12H2. The number of nitrogens with one attached hydrogen (secondary N) is 1. The molecule has 8 heteroatoms. The summed E-state index contributed by atoms with van der Waals surface area (Å²) in [5.74, 6) is 0.899. The second-order valence-electron chi connectivity index (χ2n) is 8.14. The van der Waals surface area contributed by atoms with Crippen LogP contribution in [0.4, 0.5) is 5.82 Å². The lowest BCUT2D eigenvalue weighted by Gasteiger charge is -2.39. The van der Waals surface area contributed by atoms with E-state index in [4.69, 9.17) is 29.2 Å². The first kappa shape index (κ1) is 19.9. The zero-order chi connectivity index (χ0) is 20.5. The van der Waals surface area contributed by atoms with Crippen molar-refractivity contribution in [2.45, 2.75) is 37.8 Å². The van der Waals surface area contributed by atoms with Gasteiger partial charge in [-0.3, -0.25) is 0 Å². The SMILES string of the molecule is [B]c1cnn2c(NC3CCN(C4CCOCC4)CC3)cc(-c3ccccc3Cl)nc12. The molecular weight excluding hydrogens is 397 g/mol. The molecule has 5 rings (SSSR count). The highest BCUT2D eigenvalue weighted by Crippen LogP contribution is 2.29. The Balaban J connectivity index is 1.37. The molecule has 4 heterocycles. The molecule has 0 atom stereocenters. The number of hydrogen-bond donors (Lipinski definition) is 1. The molecule has 2 saturated heterocycles. The molecule has 2 radical (unpaired) electrons. The molecule has 2 aromatic heterocycles. The lowest BCUT2D eigenvalue weighted by molar-refractivity contribution is 0.0262. The number of likely N-dealkylation sites (tertiary alicyclic amines) is 1. The monoisotopic (exact) mass is 421 g/mol. The summed E-state index contributed by atoms with van der Waals surface area (Å²) in [6, 6.07) is 10.8. The topological polar surface area (TPSA) is 54.7 Å². The van der Waals surface area contributed by atoms with Gasteiger partial charge in [0.25, 0.3) is 0 Å². The van der Waals surface area contributed by atoms with E-state index >= 15 is 0 Å². The quantitative estimate of drug-likeness (QED) is 0.657. The van der Waals surface area contributed by atoms with Crippen LogP contribution in [0.15, 0.2) is 36.5 Å². The number of ether oxygens (including phenoxy) is 1. The predicted molar refractivity (Wildman–Crippen MR) is 121 cm³/mol. The highest BCUT2D eigenvalue weighted by molar-refractivity contribution is 6.36. The van der Waals surface area contributed by atoms with Gasteiger partial charge in [0.05, 0.1) is 5.69 Å². The van der Waals surface area contributed by atoms with Gasteiger partial charge in [-0.25, -0.2) is 4.98 Å². The maximum Gasteiger partial charge on any atom is 0.150 e. The Bertz CT molecular complexity index is 1030. The van der Waals surface area contributed by atoms with Gasteiger partial charge in [-0.1, -0.05) is 29.8 Å². The molecule has 3 aromatic rings. The Kier molecular flexibility index (Phi) is 5.67. The third-order valence-corrected chi connectivity index (χ3v) is 6.57. The van der Waals surface area contributed by atoms with Gasteiger partial charge in [-0.15, -0.1) is 0 Å². The van der Waals surface area contributed by atoms with Crippen LogP contribution in [-0.4, -0.2) is 65.7 Å². The second kappa shape index (κ2) is 8.57. The molecule has 0 saturated carbocycles. The fourth-order valence-corrected chi connectivity index (χ4v) is 4.79. The summed E-state index contributed by atoms with van der Waals surface area (Å²) in [6.45, 7) is 4.00. The number of benzene rings is 1. The number of halogens is 1. The molecular formula is C22H25BClN5O. The lowest BCUT2D eigenvalue weighted by Crippen LogP contribution is -2.46. The largest absolute Gasteiger partial charge is 0.381 e. The van der Waals surface area contributed by atoms with Gasteiger partial charge in [0, 0.05) is 61.2 Å². The van der Waals surface area contributed by atoms with Gasteiger partial charge in [-0.05, 0) is 37.2 Å². The molecule has 1 N–H and O–H groups in total. The van der Waals surface area contributed by atoms with E-state index in [-0.39, 0.29) is 0 Å². The third kappa shape index (κ3) is 3.94. The Morgan fingerprint density at radius 3 is 2.63 bits per heavy atom. The molecule has 0 unspecified atom stereocenters. The van der Waals surface area contributed by atoms with Crippen LogP contribution in [0.25, 0.3) is 16.9 Å². The second-order valence-corrected chi connectivity index (χ2v) is 8.55. The first-order chi connectivity index (χ1) is 14.7. The number of hydrogen-bond acceptors (Lipinski definition) is 5. The van der Waals surface area contributed by atoms with Crippen molar-refractivity contribution in [2.75, 3.05) is 31.6 Å². The Hall–Kier alpha value is -2.09. The van der Waals surface area contributed by atoms with Crippen LogP contribution in [0, 0.1) is 0 Å². The average molecular weight is 422 g/mol.